The number of carbonyl (C=O) groups excluding carboxylic acids is 1. The Balaban J connectivity index is 2.17. The van der Waals surface area contributed by atoms with Crippen LogP contribution in [-0.4, -0.2) is 20.1 Å². The molecule has 0 bridgehead atoms. The minimum Gasteiger partial charge on any atom is -0.496 e. The highest BCUT2D eigenvalue weighted by Gasteiger charge is 2.07. The van der Waals surface area contributed by atoms with Crippen LogP contribution in [-0.2, 0) is 6.54 Å². The maximum Gasteiger partial charge on any atom is 0.251 e. The summed E-state index contributed by atoms with van der Waals surface area (Å²) < 4.78 is 5.34. The lowest BCUT2D eigenvalue weighted by Gasteiger charge is -2.13. The normalized spacial score (nSPS) is 10.0. The molecule has 21 heavy (non-hydrogen) atoms. The van der Waals surface area contributed by atoms with Crippen molar-refractivity contribution < 1.29 is 9.53 Å². The Morgan fingerprint density at radius 3 is 2.67 bits per heavy atom. The minimum atomic E-state index is -0.0876. The number of hydrogen-bond donors (Lipinski definition) is 2. The second-order valence-corrected chi connectivity index (χ2v) is 4.77. The number of aryl methyl sites for hydroxylation is 1. The van der Waals surface area contributed by atoms with Crippen LogP contribution < -0.4 is 15.4 Å². The Morgan fingerprint density at radius 2 is 1.95 bits per heavy atom. The lowest BCUT2D eigenvalue weighted by molar-refractivity contribution is 0.0963. The number of methoxy groups -OCH3 is 1. The maximum atomic E-state index is 11.7. The van der Waals surface area contributed by atoms with Crippen LogP contribution in [0.1, 0.15) is 21.5 Å². The number of anilines is 1. The van der Waals surface area contributed by atoms with Gasteiger partial charge in [0.25, 0.3) is 5.91 Å². The van der Waals surface area contributed by atoms with E-state index in [1.807, 2.05) is 49.4 Å². The van der Waals surface area contributed by atoms with Gasteiger partial charge in [-0.1, -0.05) is 24.3 Å². The van der Waals surface area contributed by atoms with Crippen LogP contribution in [0.3, 0.4) is 0 Å². The highest BCUT2D eigenvalue weighted by molar-refractivity contribution is 5.95. The number of rotatable bonds is 5. The molecule has 0 aliphatic rings. The Hall–Kier alpha value is -2.49. The zero-order chi connectivity index (χ0) is 15.2. The average Bonchev–Trinajstić information content (AvgIpc) is 2.53. The van der Waals surface area contributed by atoms with Gasteiger partial charge in [-0.15, -0.1) is 0 Å². The second-order valence-electron chi connectivity index (χ2n) is 4.77. The van der Waals surface area contributed by atoms with Crippen LogP contribution in [0, 0.1) is 6.92 Å². The summed E-state index contributed by atoms with van der Waals surface area (Å²) in [6.07, 6.45) is 0. The van der Waals surface area contributed by atoms with Gasteiger partial charge in [0.05, 0.1) is 7.11 Å². The molecule has 0 radical (unpaired) electrons. The molecule has 0 unspecified atom stereocenters. The van der Waals surface area contributed by atoms with Crippen molar-refractivity contribution in [3.63, 3.8) is 0 Å². The van der Waals surface area contributed by atoms with Crippen LogP contribution in [0.4, 0.5) is 5.69 Å². The van der Waals surface area contributed by atoms with Gasteiger partial charge >= 0.3 is 0 Å². The van der Waals surface area contributed by atoms with E-state index in [1.165, 1.54) is 0 Å². The molecule has 2 aromatic rings. The minimum absolute atomic E-state index is 0.0876. The van der Waals surface area contributed by atoms with Crippen LogP contribution in [0.5, 0.6) is 5.75 Å². The molecule has 110 valence electrons. The molecule has 2 rings (SSSR count). The summed E-state index contributed by atoms with van der Waals surface area (Å²) in [4.78, 5) is 11.7. The van der Waals surface area contributed by atoms with Crippen molar-refractivity contribution in [3.05, 3.63) is 59.2 Å². The maximum absolute atomic E-state index is 11.7. The van der Waals surface area contributed by atoms with Gasteiger partial charge in [0.1, 0.15) is 5.75 Å². The van der Waals surface area contributed by atoms with E-state index >= 15 is 0 Å². The first-order valence-electron chi connectivity index (χ1n) is 6.84. The van der Waals surface area contributed by atoms with Crippen molar-refractivity contribution in [3.8, 4) is 5.75 Å². The first kappa shape index (κ1) is 14.9. The predicted molar refractivity (Wildman–Crippen MR) is 84.9 cm³/mol. The van der Waals surface area contributed by atoms with Gasteiger partial charge in [-0.25, -0.2) is 0 Å². The fraction of sp³-hybridized carbons (Fsp3) is 0.235. The standard InChI is InChI=1S/C17H20N2O2/c1-12-8-9-13(17(20)18-2)10-15(12)19-11-14-6-4-5-7-16(14)21-3/h4-10,19H,11H2,1-3H3,(H,18,20). The van der Waals surface area contributed by atoms with E-state index < -0.39 is 0 Å². The van der Waals surface area contributed by atoms with Crippen LogP contribution in [0.2, 0.25) is 0 Å². The monoisotopic (exact) mass is 284 g/mol. The first-order valence-corrected chi connectivity index (χ1v) is 6.84. The Kier molecular flexibility index (Phi) is 4.82. The lowest BCUT2D eigenvalue weighted by atomic mass is 10.1. The molecule has 0 aromatic heterocycles. The van der Waals surface area contributed by atoms with E-state index in [2.05, 4.69) is 10.6 Å². The highest BCUT2D eigenvalue weighted by Crippen LogP contribution is 2.21. The number of carbonyl (C=O) groups is 1. The van der Waals surface area contributed by atoms with Crippen LogP contribution >= 0.6 is 0 Å². The van der Waals surface area contributed by atoms with Crippen molar-refractivity contribution in [1.82, 2.24) is 5.32 Å². The second kappa shape index (κ2) is 6.79. The van der Waals surface area contributed by atoms with E-state index in [-0.39, 0.29) is 5.91 Å². The fourth-order valence-corrected chi connectivity index (χ4v) is 2.14. The summed E-state index contributed by atoms with van der Waals surface area (Å²) in [5, 5.41) is 6.00. The first-order chi connectivity index (χ1) is 10.2. The molecule has 0 atom stereocenters. The molecule has 4 nitrogen and oxygen atoms in total. The van der Waals surface area contributed by atoms with Crippen molar-refractivity contribution in [2.45, 2.75) is 13.5 Å². The van der Waals surface area contributed by atoms with Crippen molar-refractivity contribution in [2.75, 3.05) is 19.5 Å². The molecule has 0 aliphatic heterocycles. The summed E-state index contributed by atoms with van der Waals surface area (Å²) in [6.45, 7) is 2.65. The summed E-state index contributed by atoms with van der Waals surface area (Å²) in [6, 6.07) is 13.5. The Morgan fingerprint density at radius 1 is 1.19 bits per heavy atom. The van der Waals surface area contributed by atoms with Gasteiger partial charge in [0.2, 0.25) is 0 Å². The molecular formula is C17H20N2O2. The topological polar surface area (TPSA) is 50.4 Å². The molecule has 0 heterocycles. The van der Waals surface area contributed by atoms with Crippen molar-refractivity contribution in [1.29, 1.82) is 0 Å². The smallest absolute Gasteiger partial charge is 0.251 e. The molecule has 0 spiro atoms. The van der Waals surface area contributed by atoms with Gasteiger partial charge in [-0.05, 0) is 30.7 Å². The molecule has 0 aliphatic carbocycles. The van der Waals surface area contributed by atoms with Crippen LogP contribution in [0.15, 0.2) is 42.5 Å². The van der Waals surface area contributed by atoms with Gasteiger partial charge in [-0.3, -0.25) is 4.79 Å². The zero-order valence-electron chi connectivity index (χ0n) is 12.6. The molecular weight excluding hydrogens is 264 g/mol. The van der Waals surface area contributed by atoms with E-state index in [4.69, 9.17) is 4.74 Å². The summed E-state index contributed by atoms with van der Waals surface area (Å²) in [5.74, 6) is 0.764. The largest absolute Gasteiger partial charge is 0.496 e. The zero-order valence-corrected chi connectivity index (χ0v) is 12.6. The van der Waals surface area contributed by atoms with E-state index in [0.29, 0.717) is 12.1 Å². The van der Waals surface area contributed by atoms with Gasteiger partial charge in [-0.2, -0.15) is 0 Å². The Bertz CT molecular complexity index is 638. The van der Waals surface area contributed by atoms with Crippen molar-refractivity contribution >= 4 is 11.6 Å². The molecule has 1 amide bonds. The highest BCUT2D eigenvalue weighted by atomic mass is 16.5. The number of hydrogen-bond acceptors (Lipinski definition) is 3. The SMILES string of the molecule is CNC(=O)c1ccc(C)c(NCc2ccccc2OC)c1. The van der Waals surface area contributed by atoms with Crippen LogP contribution in [0.25, 0.3) is 0 Å². The van der Waals surface area contributed by atoms with E-state index in [9.17, 15) is 4.79 Å². The van der Waals surface area contributed by atoms with Crippen molar-refractivity contribution in [2.24, 2.45) is 0 Å². The summed E-state index contributed by atoms with van der Waals surface area (Å²) >= 11 is 0. The molecule has 2 N–H and O–H groups in total. The predicted octanol–water partition coefficient (Wildman–Crippen LogP) is 2.98. The molecule has 4 heteroatoms. The third-order valence-electron chi connectivity index (χ3n) is 3.39. The number of benzene rings is 2. The fourth-order valence-electron chi connectivity index (χ4n) is 2.14. The number of nitrogens with one attached hydrogen (secondary N) is 2. The number of amides is 1. The van der Waals surface area contributed by atoms with Gasteiger partial charge in [0, 0.05) is 30.4 Å². The summed E-state index contributed by atoms with van der Waals surface area (Å²) in [7, 11) is 3.29. The lowest BCUT2D eigenvalue weighted by Crippen LogP contribution is -2.18. The molecule has 0 fully saturated rings. The van der Waals surface area contributed by atoms with E-state index in [0.717, 1.165) is 22.6 Å². The summed E-state index contributed by atoms with van der Waals surface area (Å²) in [5.41, 5.74) is 3.76. The molecule has 0 saturated carbocycles. The third kappa shape index (κ3) is 3.54. The number of ether oxygens (including phenoxy) is 1. The number of para-hydroxylation sites is 1. The Labute approximate surface area is 125 Å². The van der Waals surface area contributed by atoms with Gasteiger partial charge in [0.15, 0.2) is 0 Å². The molecule has 2 aromatic carbocycles. The average molecular weight is 284 g/mol. The van der Waals surface area contributed by atoms with Gasteiger partial charge < -0.3 is 15.4 Å². The third-order valence-corrected chi connectivity index (χ3v) is 3.39. The quantitative estimate of drug-likeness (QED) is 0.887. The molecule has 0 saturated heterocycles. The van der Waals surface area contributed by atoms with E-state index in [1.54, 1.807) is 14.2 Å².